The van der Waals surface area contributed by atoms with E-state index in [4.69, 9.17) is 0 Å². The molecule has 7 heteroatoms. The van der Waals surface area contributed by atoms with E-state index in [0.29, 0.717) is 28.1 Å². The molecule has 0 atom stereocenters. The smallest absolute Gasteiger partial charge is 0.256 e. The molecule has 0 radical (unpaired) electrons. The van der Waals surface area contributed by atoms with Crippen molar-refractivity contribution in [1.82, 2.24) is 19.5 Å². The summed E-state index contributed by atoms with van der Waals surface area (Å²) in [6, 6.07) is 5.16. The number of fused-ring (bicyclic) bond motifs is 1. The third-order valence-corrected chi connectivity index (χ3v) is 5.65. The molecule has 3 heterocycles. The number of alkyl halides is 2. The van der Waals surface area contributed by atoms with E-state index in [1.807, 2.05) is 13.0 Å². The highest BCUT2D eigenvalue weighted by Gasteiger charge is 2.22. The number of aromatic nitrogens is 4. The molecule has 0 N–H and O–H groups in total. The second-order valence-electron chi connectivity index (χ2n) is 7.75. The van der Waals surface area contributed by atoms with E-state index < -0.39 is 6.43 Å². The number of nitrogens with zero attached hydrogens (tertiary/aromatic N) is 4. The molecule has 1 aliphatic carbocycles. The molecule has 29 heavy (non-hydrogen) atoms. The molecule has 1 aliphatic rings. The number of aryl methyl sites for hydroxylation is 1. The molecule has 1 saturated carbocycles. The Labute approximate surface area is 167 Å². The molecule has 4 rings (SSSR count). The fraction of sp³-hybridized carbons (Fsp3) is 0.455. The Morgan fingerprint density at radius 3 is 2.76 bits per heavy atom. The Kier molecular flexibility index (Phi) is 5.65. The van der Waals surface area contributed by atoms with Crippen LogP contribution in [0.1, 0.15) is 60.5 Å². The lowest BCUT2D eigenvalue weighted by Crippen LogP contribution is -2.28. The van der Waals surface area contributed by atoms with Gasteiger partial charge in [-0.2, -0.15) is 0 Å². The van der Waals surface area contributed by atoms with E-state index in [-0.39, 0.29) is 24.4 Å². The van der Waals surface area contributed by atoms with Crippen LogP contribution in [0.15, 0.2) is 35.4 Å². The van der Waals surface area contributed by atoms with Gasteiger partial charge < -0.3 is 0 Å². The van der Waals surface area contributed by atoms with E-state index in [1.165, 1.54) is 6.42 Å². The first-order valence-electron chi connectivity index (χ1n) is 10.1. The maximum absolute atomic E-state index is 13.5. The van der Waals surface area contributed by atoms with Crippen molar-refractivity contribution < 1.29 is 8.78 Å². The fourth-order valence-corrected chi connectivity index (χ4v) is 4.20. The zero-order valence-electron chi connectivity index (χ0n) is 16.4. The summed E-state index contributed by atoms with van der Waals surface area (Å²) in [6.07, 6.45) is 5.79. The van der Waals surface area contributed by atoms with Crippen molar-refractivity contribution in [2.45, 2.75) is 64.3 Å². The molecule has 0 aromatic carbocycles. The number of hydrogen-bond acceptors (Lipinski definition) is 4. The first kappa shape index (κ1) is 19.6. The molecule has 1 fully saturated rings. The van der Waals surface area contributed by atoms with Gasteiger partial charge in [0.15, 0.2) is 5.65 Å². The second-order valence-corrected chi connectivity index (χ2v) is 7.75. The van der Waals surface area contributed by atoms with Crippen molar-refractivity contribution in [1.29, 1.82) is 0 Å². The molecule has 0 unspecified atom stereocenters. The SMILES string of the molecule is Cc1cnc2cc(C3CCCCC3)c(=O)n(Cc3ncccc3CC(F)F)c2n1. The van der Waals surface area contributed by atoms with Crippen molar-refractivity contribution in [3.8, 4) is 0 Å². The lowest BCUT2D eigenvalue weighted by Gasteiger charge is -2.23. The molecular formula is C22H24F2N4O. The van der Waals surface area contributed by atoms with Gasteiger partial charge >= 0.3 is 0 Å². The van der Waals surface area contributed by atoms with Crippen LogP contribution in [0.3, 0.4) is 0 Å². The second kappa shape index (κ2) is 8.35. The fourth-order valence-electron chi connectivity index (χ4n) is 4.20. The number of hydrogen-bond donors (Lipinski definition) is 0. The zero-order chi connectivity index (χ0) is 20.4. The number of pyridine rings is 2. The van der Waals surface area contributed by atoms with Gasteiger partial charge in [-0.3, -0.25) is 19.3 Å². The number of halogens is 2. The normalized spacial score (nSPS) is 15.3. The van der Waals surface area contributed by atoms with E-state index in [9.17, 15) is 13.6 Å². The lowest BCUT2D eigenvalue weighted by atomic mass is 9.84. The maximum Gasteiger partial charge on any atom is 0.256 e. The minimum atomic E-state index is -2.47. The predicted molar refractivity (Wildman–Crippen MR) is 107 cm³/mol. The summed E-state index contributed by atoms with van der Waals surface area (Å²) in [6.45, 7) is 1.93. The maximum atomic E-state index is 13.5. The summed E-state index contributed by atoms with van der Waals surface area (Å²) < 4.78 is 27.6. The molecule has 0 spiro atoms. The molecule has 0 bridgehead atoms. The summed E-state index contributed by atoms with van der Waals surface area (Å²) >= 11 is 0. The molecule has 3 aromatic heterocycles. The Hall–Kier alpha value is -2.70. The van der Waals surface area contributed by atoms with Crippen LogP contribution < -0.4 is 5.56 Å². The van der Waals surface area contributed by atoms with E-state index in [1.54, 1.807) is 29.1 Å². The predicted octanol–water partition coefficient (Wildman–Crippen LogP) is 4.40. The van der Waals surface area contributed by atoms with Crippen LogP contribution in [-0.4, -0.2) is 25.9 Å². The van der Waals surface area contributed by atoms with Gasteiger partial charge in [0.05, 0.1) is 17.9 Å². The third-order valence-electron chi connectivity index (χ3n) is 5.65. The highest BCUT2D eigenvalue weighted by Crippen LogP contribution is 2.32. The van der Waals surface area contributed by atoms with Crippen molar-refractivity contribution in [3.05, 3.63) is 63.5 Å². The summed E-state index contributed by atoms with van der Waals surface area (Å²) in [5.74, 6) is 0.208. The van der Waals surface area contributed by atoms with Crippen molar-refractivity contribution in [3.63, 3.8) is 0 Å². The quantitative estimate of drug-likeness (QED) is 0.639. The van der Waals surface area contributed by atoms with Crippen LogP contribution in [0.2, 0.25) is 0 Å². The first-order valence-corrected chi connectivity index (χ1v) is 10.1. The van der Waals surface area contributed by atoms with Crippen molar-refractivity contribution in [2.24, 2.45) is 0 Å². The monoisotopic (exact) mass is 398 g/mol. The van der Waals surface area contributed by atoms with Crippen molar-refractivity contribution >= 4 is 11.2 Å². The molecule has 152 valence electrons. The van der Waals surface area contributed by atoms with Crippen LogP contribution >= 0.6 is 0 Å². The van der Waals surface area contributed by atoms with Crippen LogP contribution in [0.25, 0.3) is 11.2 Å². The summed E-state index contributed by atoms with van der Waals surface area (Å²) in [5, 5.41) is 0. The van der Waals surface area contributed by atoms with Crippen LogP contribution in [0, 0.1) is 6.92 Å². The lowest BCUT2D eigenvalue weighted by molar-refractivity contribution is 0.148. The van der Waals surface area contributed by atoms with Gasteiger partial charge in [-0.25, -0.2) is 13.8 Å². The van der Waals surface area contributed by atoms with E-state index in [0.717, 1.165) is 31.2 Å². The largest absolute Gasteiger partial charge is 0.285 e. The summed E-state index contributed by atoms with van der Waals surface area (Å²) in [7, 11) is 0. The van der Waals surface area contributed by atoms with Crippen LogP contribution in [0.4, 0.5) is 8.78 Å². The highest BCUT2D eigenvalue weighted by molar-refractivity contribution is 5.71. The molecule has 0 amide bonds. The number of rotatable bonds is 5. The third kappa shape index (κ3) is 4.18. The highest BCUT2D eigenvalue weighted by atomic mass is 19.3. The van der Waals surface area contributed by atoms with Crippen LogP contribution in [-0.2, 0) is 13.0 Å². The van der Waals surface area contributed by atoms with E-state index in [2.05, 4.69) is 15.0 Å². The minimum Gasteiger partial charge on any atom is -0.285 e. The Balaban J connectivity index is 1.85. The van der Waals surface area contributed by atoms with Gasteiger partial charge in [0, 0.05) is 24.4 Å². The van der Waals surface area contributed by atoms with Crippen molar-refractivity contribution in [2.75, 3.05) is 0 Å². The van der Waals surface area contributed by atoms with Gasteiger partial charge in [-0.15, -0.1) is 0 Å². The van der Waals surface area contributed by atoms with Gasteiger partial charge in [-0.05, 0) is 43.4 Å². The van der Waals surface area contributed by atoms with Gasteiger partial charge in [0.1, 0.15) is 5.52 Å². The van der Waals surface area contributed by atoms with Gasteiger partial charge in [0.2, 0.25) is 6.43 Å². The molecule has 5 nitrogen and oxygen atoms in total. The van der Waals surface area contributed by atoms with E-state index >= 15 is 0 Å². The topological polar surface area (TPSA) is 60.7 Å². The van der Waals surface area contributed by atoms with Gasteiger partial charge in [0.25, 0.3) is 5.56 Å². The zero-order valence-corrected chi connectivity index (χ0v) is 16.4. The first-order chi connectivity index (χ1) is 14.0. The van der Waals surface area contributed by atoms with Crippen LogP contribution in [0.5, 0.6) is 0 Å². The summed E-state index contributed by atoms with van der Waals surface area (Å²) in [5.41, 5.74) is 3.39. The Morgan fingerprint density at radius 2 is 2.00 bits per heavy atom. The Bertz CT molecular complexity index is 1070. The standard InChI is InChI=1S/C22H24F2N4O/c1-14-12-26-18-11-17(15-6-3-2-4-7-15)22(29)28(21(18)27-14)13-19-16(10-20(23)24)8-5-9-25-19/h5,8-9,11-12,15,20H,2-4,6-7,10,13H2,1H3. The molecule has 3 aromatic rings. The average molecular weight is 398 g/mol. The molecule has 0 aliphatic heterocycles. The molecule has 0 saturated heterocycles. The summed E-state index contributed by atoms with van der Waals surface area (Å²) in [4.78, 5) is 26.8. The Morgan fingerprint density at radius 1 is 1.21 bits per heavy atom. The average Bonchev–Trinajstić information content (AvgIpc) is 2.71. The van der Waals surface area contributed by atoms with Gasteiger partial charge in [-0.1, -0.05) is 25.3 Å². The minimum absolute atomic E-state index is 0.108. The molecular weight excluding hydrogens is 374 g/mol.